The van der Waals surface area contributed by atoms with Gasteiger partial charge in [0, 0.05) is 6.54 Å². The van der Waals surface area contributed by atoms with E-state index in [0.717, 1.165) is 12.1 Å². The van der Waals surface area contributed by atoms with Crippen LogP contribution in [0, 0.1) is 11.3 Å². The van der Waals surface area contributed by atoms with Gasteiger partial charge in [-0.25, -0.2) is 14.5 Å². The van der Waals surface area contributed by atoms with E-state index in [9.17, 15) is 27.6 Å². The molecule has 3 aliphatic rings. The van der Waals surface area contributed by atoms with Crippen molar-refractivity contribution in [2.75, 3.05) is 11.4 Å². The van der Waals surface area contributed by atoms with Gasteiger partial charge in [-0.1, -0.05) is 0 Å². The number of nitriles is 1. The van der Waals surface area contributed by atoms with Gasteiger partial charge in [0.05, 0.1) is 41.1 Å². The van der Waals surface area contributed by atoms with E-state index in [0.29, 0.717) is 17.4 Å². The summed E-state index contributed by atoms with van der Waals surface area (Å²) in [5.41, 5.74) is -2.09. The normalized spacial score (nSPS) is 25.2. The lowest BCUT2D eigenvalue weighted by molar-refractivity contribution is -0.137. The summed E-state index contributed by atoms with van der Waals surface area (Å²) in [5.74, 6) is -0.702. The third-order valence-electron chi connectivity index (χ3n) is 5.52. The molecular weight excluding hydrogens is 405 g/mol. The molecule has 3 aliphatic heterocycles. The number of halogens is 3. The maximum Gasteiger partial charge on any atom is 0.417 e. The predicted molar refractivity (Wildman–Crippen MR) is 95.2 cm³/mol. The molecule has 1 unspecified atom stereocenters. The number of nitrogens with zero attached hydrogens (tertiary/aromatic N) is 4. The van der Waals surface area contributed by atoms with E-state index < -0.39 is 53.5 Å². The van der Waals surface area contributed by atoms with Gasteiger partial charge in [0.15, 0.2) is 0 Å². The van der Waals surface area contributed by atoms with Crippen molar-refractivity contribution in [2.45, 2.75) is 50.7 Å². The van der Waals surface area contributed by atoms with Crippen molar-refractivity contribution in [3.63, 3.8) is 0 Å². The second-order valence-corrected chi connectivity index (χ2v) is 7.69. The molecule has 0 N–H and O–H groups in total. The number of rotatable bonds is 2. The van der Waals surface area contributed by atoms with Gasteiger partial charge in [0.25, 0.3) is 5.91 Å². The van der Waals surface area contributed by atoms with Crippen molar-refractivity contribution in [2.24, 2.45) is 0 Å². The third-order valence-corrected chi connectivity index (χ3v) is 5.52. The SMILES string of the molecule is CC(C)OC(=O)N1C[C@H]2CC1[C@H]1C(=O)N(c3ccc(C#N)c(C(F)(F)F)c3)C(=O)N21. The Morgan fingerprint density at radius 3 is 2.60 bits per heavy atom. The predicted octanol–water partition coefficient (Wildman–Crippen LogP) is 2.72. The number of piperazine rings is 1. The first-order valence-electron chi connectivity index (χ1n) is 9.29. The molecule has 30 heavy (non-hydrogen) atoms. The van der Waals surface area contributed by atoms with Crippen molar-refractivity contribution in [3.8, 4) is 6.07 Å². The first-order chi connectivity index (χ1) is 14.0. The Labute approximate surface area is 169 Å². The molecule has 8 nitrogen and oxygen atoms in total. The van der Waals surface area contributed by atoms with Crippen molar-refractivity contribution in [1.29, 1.82) is 5.26 Å². The number of urea groups is 1. The number of alkyl halides is 3. The smallest absolute Gasteiger partial charge is 0.417 e. The lowest BCUT2D eigenvalue weighted by Crippen LogP contribution is -2.55. The van der Waals surface area contributed by atoms with Crippen molar-refractivity contribution in [1.82, 2.24) is 9.80 Å². The number of likely N-dealkylation sites (tertiary alicyclic amines) is 1. The van der Waals surface area contributed by atoms with E-state index in [1.54, 1.807) is 13.8 Å². The molecule has 0 radical (unpaired) electrons. The molecule has 3 saturated heterocycles. The maximum absolute atomic E-state index is 13.3. The van der Waals surface area contributed by atoms with Gasteiger partial charge in [0.1, 0.15) is 6.04 Å². The van der Waals surface area contributed by atoms with Gasteiger partial charge in [-0.2, -0.15) is 18.4 Å². The standard InChI is InChI=1S/C19H17F3N4O4/c1-9(2)30-18(29)24-8-12-6-14(24)15-16(27)26(17(28)25(12)15)11-4-3-10(7-23)13(5-11)19(20,21)22/h3-5,9,12,14-15H,6,8H2,1-2H3/t12-,14?,15+/m1/s1. The monoisotopic (exact) mass is 422 g/mol. The van der Waals surface area contributed by atoms with Gasteiger partial charge in [0.2, 0.25) is 0 Å². The van der Waals surface area contributed by atoms with E-state index in [1.165, 1.54) is 15.9 Å². The number of benzene rings is 1. The van der Waals surface area contributed by atoms with Crippen LogP contribution in [-0.4, -0.2) is 58.6 Å². The van der Waals surface area contributed by atoms with Crippen LogP contribution < -0.4 is 4.90 Å². The molecular formula is C19H17F3N4O4. The molecule has 11 heteroatoms. The van der Waals surface area contributed by atoms with E-state index in [-0.39, 0.29) is 18.3 Å². The number of ether oxygens (including phenoxy) is 1. The maximum atomic E-state index is 13.3. The molecule has 2 bridgehead atoms. The van der Waals surface area contributed by atoms with Crippen LogP contribution >= 0.6 is 0 Å². The number of fused-ring (bicyclic) bond motifs is 5. The van der Waals surface area contributed by atoms with Gasteiger partial charge in [-0.05, 0) is 38.5 Å². The second kappa shape index (κ2) is 6.62. The lowest BCUT2D eigenvalue weighted by Gasteiger charge is -2.34. The molecule has 0 spiro atoms. The van der Waals surface area contributed by atoms with Crippen molar-refractivity contribution < 1.29 is 32.3 Å². The Balaban J connectivity index is 1.66. The van der Waals surface area contributed by atoms with Gasteiger partial charge >= 0.3 is 18.3 Å². The number of imide groups is 1. The summed E-state index contributed by atoms with van der Waals surface area (Å²) in [4.78, 5) is 41.7. The Bertz CT molecular complexity index is 987. The van der Waals surface area contributed by atoms with Crippen molar-refractivity contribution in [3.05, 3.63) is 29.3 Å². The molecule has 0 aliphatic carbocycles. The quantitative estimate of drug-likeness (QED) is 0.684. The molecule has 158 valence electrons. The fraction of sp³-hybridized carbons (Fsp3) is 0.474. The summed E-state index contributed by atoms with van der Waals surface area (Å²) in [6.45, 7) is 3.57. The summed E-state index contributed by atoms with van der Waals surface area (Å²) in [5, 5.41) is 8.94. The van der Waals surface area contributed by atoms with Crippen LogP contribution in [0.5, 0.6) is 0 Å². The van der Waals surface area contributed by atoms with Crippen LogP contribution in [0.4, 0.5) is 28.4 Å². The van der Waals surface area contributed by atoms with Crippen LogP contribution in [0.15, 0.2) is 18.2 Å². The average molecular weight is 422 g/mol. The minimum absolute atomic E-state index is 0.195. The molecule has 1 aromatic carbocycles. The Morgan fingerprint density at radius 1 is 1.30 bits per heavy atom. The number of carbonyl (C=O) groups is 3. The zero-order valence-corrected chi connectivity index (χ0v) is 16.0. The summed E-state index contributed by atoms with van der Waals surface area (Å²) in [6.07, 6.45) is -5.36. The highest BCUT2D eigenvalue weighted by atomic mass is 19.4. The summed E-state index contributed by atoms with van der Waals surface area (Å²) in [6, 6.07) is 1.45. The molecule has 4 amide bonds. The van der Waals surface area contributed by atoms with E-state index in [2.05, 4.69) is 0 Å². The van der Waals surface area contributed by atoms with E-state index >= 15 is 0 Å². The molecule has 1 aromatic rings. The topological polar surface area (TPSA) is 94.0 Å². The lowest BCUT2D eigenvalue weighted by atomic mass is 10.1. The number of amides is 4. The zero-order valence-electron chi connectivity index (χ0n) is 16.0. The minimum atomic E-state index is -4.82. The highest BCUT2D eigenvalue weighted by Gasteiger charge is 2.63. The number of anilines is 1. The van der Waals surface area contributed by atoms with Crippen LogP contribution in [0.1, 0.15) is 31.4 Å². The number of hydrogen-bond donors (Lipinski definition) is 0. The summed E-state index contributed by atoms with van der Waals surface area (Å²) >= 11 is 0. The average Bonchev–Trinajstić information content (AvgIpc) is 3.31. The van der Waals surface area contributed by atoms with Crippen LogP contribution in [-0.2, 0) is 15.7 Å². The largest absolute Gasteiger partial charge is 0.447 e. The molecule has 0 aromatic heterocycles. The third kappa shape index (κ3) is 2.86. The molecule has 3 fully saturated rings. The first-order valence-corrected chi connectivity index (χ1v) is 9.29. The Morgan fingerprint density at radius 2 is 2.00 bits per heavy atom. The summed E-state index contributed by atoms with van der Waals surface area (Å²) in [7, 11) is 0. The van der Waals surface area contributed by atoms with Gasteiger partial charge in [-0.15, -0.1) is 0 Å². The molecule has 0 saturated carbocycles. The van der Waals surface area contributed by atoms with Gasteiger partial charge < -0.3 is 14.5 Å². The fourth-order valence-electron chi connectivity index (χ4n) is 4.38. The van der Waals surface area contributed by atoms with Crippen LogP contribution in [0.2, 0.25) is 0 Å². The van der Waals surface area contributed by atoms with E-state index in [1.807, 2.05) is 0 Å². The molecule has 3 atom stereocenters. The second-order valence-electron chi connectivity index (χ2n) is 7.69. The molecule has 4 rings (SSSR count). The minimum Gasteiger partial charge on any atom is -0.447 e. The Hall–Kier alpha value is -3.29. The highest BCUT2D eigenvalue weighted by molar-refractivity contribution is 6.22. The van der Waals surface area contributed by atoms with E-state index in [4.69, 9.17) is 10.00 Å². The van der Waals surface area contributed by atoms with Crippen molar-refractivity contribution >= 4 is 23.7 Å². The number of hydrogen-bond acceptors (Lipinski definition) is 5. The van der Waals surface area contributed by atoms with Crippen LogP contribution in [0.3, 0.4) is 0 Å². The summed E-state index contributed by atoms with van der Waals surface area (Å²) < 4.78 is 45.1. The zero-order chi connectivity index (χ0) is 22.0. The number of carbonyl (C=O) groups excluding carboxylic acids is 3. The highest BCUT2D eigenvalue weighted by Crippen LogP contribution is 2.43. The first kappa shape index (κ1) is 20.0. The molecule has 3 heterocycles. The fourth-order valence-corrected chi connectivity index (χ4v) is 4.38. The Kier molecular flexibility index (Phi) is 4.41. The van der Waals surface area contributed by atoms with Gasteiger partial charge in [-0.3, -0.25) is 4.79 Å². The van der Waals surface area contributed by atoms with Crippen LogP contribution in [0.25, 0.3) is 0 Å².